The van der Waals surface area contributed by atoms with E-state index in [0.29, 0.717) is 19.1 Å². The van der Waals surface area contributed by atoms with Crippen LogP contribution >= 0.6 is 0 Å². The van der Waals surface area contributed by atoms with Crippen LogP contribution in [-0.2, 0) is 19.1 Å². The van der Waals surface area contributed by atoms with Crippen LogP contribution in [0, 0.1) is 16.7 Å². The van der Waals surface area contributed by atoms with Gasteiger partial charge >= 0.3 is 11.9 Å². The van der Waals surface area contributed by atoms with E-state index in [-0.39, 0.29) is 22.8 Å². The Balaban J connectivity index is 2.14. The molecule has 2 aliphatic rings. The van der Waals surface area contributed by atoms with Gasteiger partial charge in [0, 0.05) is 19.3 Å². The fourth-order valence-corrected chi connectivity index (χ4v) is 5.67. The van der Waals surface area contributed by atoms with E-state index >= 15 is 0 Å². The van der Waals surface area contributed by atoms with Gasteiger partial charge in [-0.3, -0.25) is 9.59 Å². The smallest absolute Gasteiger partial charge is 0.302 e. The van der Waals surface area contributed by atoms with Gasteiger partial charge in [-0.2, -0.15) is 0 Å². The highest BCUT2D eigenvalue weighted by Gasteiger charge is 2.52. The van der Waals surface area contributed by atoms with Crippen LogP contribution in [0.25, 0.3) is 0 Å². The molecule has 0 spiro atoms. The van der Waals surface area contributed by atoms with Crippen LogP contribution in [0.5, 0.6) is 0 Å². The van der Waals surface area contributed by atoms with E-state index in [1.807, 2.05) is 6.08 Å². The summed E-state index contributed by atoms with van der Waals surface area (Å²) in [5.41, 5.74) is 4.67. The number of allylic oxidation sites excluding steroid dienone is 3. The summed E-state index contributed by atoms with van der Waals surface area (Å²) in [6.07, 6.45) is 9.94. The molecule has 4 nitrogen and oxygen atoms in total. The summed E-state index contributed by atoms with van der Waals surface area (Å²) in [5, 5.41) is 0. The number of hydrogen-bond acceptors (Lipinski definition) is 4. The minimum absolute atomic E-state index is 0.0603. The monoisotopic (exact) mass is 390 g/mol. The Labute approximate surface area is 170 Å². The average molecular weight is 391 g/mol. The molecular formula is C24H38O4. The number of carbonyl (C=O) groups is 2. The molecule has 0 aromatic carbocycles. The van der Waals surface area contributed by atoms with Gasteiger partial charge in [0.05, 0.1) is 6.61 Å². The summed E-state index contributed by atoms with van der Waals surface area (Å²) in [6, 6.07) is 0. The molecule has 0 bridgehead atoms. The van der Waals surface area contributed by atoms with E-state index in [2.05, 4.69) is 27.7 Å². The maximum Gasteiger partial charge on any atom is 0.302 e. The van der Waals surface area contributed by atoms with Crippen molar-refractivity contribution in [1.29, 1.82) is 0 Å². The third-order valence-electron chi connectivity index (χ3n) is 7.16. The molecule has 3 atom stereocenters. The SMILES string of the molecule is CC(=O)OCC=C(C)CCC1=C(C)CCC2C(C)(COC(C)=O)CCCC12C. The zero-order chi connectivity index (χ0) is 20.9. The number of carbonyl (C=O) groups excluding carboxylic acids is 2. The topological polar surface area (TPSA) is 52.6 Å². The first-order chi connectivity index (χ1) is 13.1. The van der Waals surface area contributed by atoms with Crippen molar-refractivity contribution in [3.63, 3.8) is 0 Å². The second-order valence-corrected chi connectivity index (χ2v) is 9.41. The first kappa shape index (κ1) is 22.7. The number of esters is 2. The molecule has 0 heterocycles. The average Bonchev–Trinajstić information content (AvgIpc) is 2.59. The first-order valence-corrected chi connectivity index (χ1v) is 10.7. The molecule has 0 N–H and O–H groups in total. The summed E-state index contributed by atoms with van der Waals surface area (Å²) in [6.45, 7) is 13.0. The van der Waals surface area contributed by atoms with Crippen molar-refractivity contribution in [2.45, 2.75) is 86.5 Å². The molecule has 2 aliphatic carbocycles. The van der Waals surface area contributed by atoms with Gasteiger partial charge in [-0.1, -0.05) is 37.0 Å². The Morgan fingerprint density at radius 1 is 1.11 bits per heavy atom. The molecule has 1 saturated carbocycles. The summed E-state index contributed by atoms with van der Waals surface area (Å²) >= 11 is 0. The van der Waals surface area contributed by atoms with E-state index in [1.54, 1.807) is 11.1 Å². The zero-order valence-electron chi connectivity index (χ0n) is 18.7. The zero-order valence-corrected chi connectivity index (χ0v) is 18.7. The van der Waals surface area contributed by atoms with E-state index < -0.39 is 0 Å². The summed E-state index contributed by atoms with van der Waals surface area (Å²) in [7, 11) is 0. The molecular weight excluding hydrogens is 352 g/mol. The molecule has 1 fully saturated rings. The lowest BCUT2D eigenvalue weighted by molar-refractivity contribution is -0.149. The molecule has 0 aromatic rings. The highest BCUT2D eigenvalue weighted by atomic mass is 16.5. The first-order valence-electron chi connectivity index (χ1n) is 10.7. The second kappa shape index (κ2) is 9.28. The lowest BCUT2D eigenvalue weighted by Crippen LogP contribution is -2.49. The number of hydrogen-bond donors (Lipinski definition) is 0. The van der Waals surface area contributed by atoms with Gasteiger partial charge < -0.3 is 9.47 Å². The predicted octanol–water partition coefficient (Wildman–Crippen LogP) is 5.76. The van der Waals surface area contributed by atoms with Crippen LogP contribution in [0.4, 0.5) is 0 Å². The molecule has 0 aromatic heterocycles. The number of rotatable bonds is 7. The lowest BCUT2D eigenvalue weighted by atomic mass is 9.49. The fourth-order valence-electron chi connectivity index (χ4n) is 5.67. The van der Waals surface area contributed by atoms with E-state index in [4.69, 9.17) is 9.47 Å². The van der Waals surface area contributed by atoms with E-state index in [9.17, 15) is 9.59 Å². The summed E-state index contributed by atoms with van der Waals surface area (Å²) < 4.78 is 10.5. The molecule has 0 amide bonds. The van der Waals surface area contributed by atoms with E-state index in [1.165, 1.54) is 38.7 Å². The van der Waals surface area contributed by atoms with Crippen molar-refractivity contribution in [2.24, 2.45) is 16.7 Å². The Morgan fingerprint density at radius 2 is 1.79 bits per heavy atom. The van der Waals surface area contributed by atoms with Gasteiger partial charge in [-0.25, -0.2) is 0 Å². The highest BCUT2D eigenvalue weighted by molar-refractivity contribution is 5.66. The van der Waals surface area contributed by atoms with Crippen molar-refractivity contribution in [3.05, 3.63) is 22.8 Å². The van der Waals surface area contributed by atoms with Crippen LogP contribution in [0.15, 0.2) is 22.8 Å². The van der Waals surface area contributed by atoms with Crippen molar-refractivity contribution >= 4 is 11.9 Å². The van der Waals surface area contributed by atoms with Gasteiger partial charge in [0.25, 0.3) is 0 Å². The maximum absolute atomic E-state index is 11.4. The summed E-state index contributed by atoms with van der Waals surface area (Å²) in [4.78, 5) is 22.4. The number of ether oxygens (including phenoxy) is 2. The highest BCUT2D eigenvalue weighted by Crippen LogP contribution is 2.60. The Bertz CT molecular complexity index is 660. The van der Waals surface area contributed by atoms with Gasteiger partial charge in [-0.15, -0.1) is 0 Å². The maximum atomic E-state index is 11.4. The second-order valence-electron chi connectivity index (χ2n) is 9.41. The van der Waals surface area contributed by atoms with Gasteiger partial charge in [0.2, 0.25) is 0 Å². The van der Waals surface area contributed by atoms with Crippen LogP contribution in [0.3, 0.4) is 0 Å². The minimum Gasteiger partial charge on any atom is -0.465 e. The Hall–Kier alpha value is -1.58. The molecule has 0 saturated heterocycles. The molecule has 2 rings (SSSR count). The van der Waals surface area contributed by atoms with Crippen LogP contribution in [-0.4, -0.2) is 25.2 Å². The fraction of sp³-hybridized carbons (Fsp3) is 0.750. The Kier molecular flexibility index (Phi) is 7.52. The van der Waals surface area contributed by atoms with Crippen molar-refractivity contribution in [1.82, 2.24) is 0 Å². The van der Waals surface area contributed by atoms with Crippen LogP contribution < -0.4 is 0 Å². The largest absolute Gasteiger partial charge is 0.465 e. The van der Waals surface area contributed by atoms with Crippen LogP contribution in [0.2, 0.25) is 0 Å². The normalized spacial score (nSPS) is 30.6. The third-order valence-corrected chi connectivity index (χ3v) is 7.16. The molecule has 3 unspecified atom stereocenters. The van der Waals surface area contributed by atoms with Crippen molar-refractivity contribution in [2.75, 3.05) is 13.2 Å². The van der Waals surface area contributed by atoms with Crippen molar-refractivity contribution in [3.8, 4) is 0 Å². The summed E-state index contributed by atoms with van der Waals surface area (Å²) in [5.74, 6) is 0.140. The third kappa shape index (κ3) is 5.27. The Morgan fingerprint density at radius 3 is 2.43 bits per heavy atom. The quantitative estimate of drug-likeness (QED) is 0.409. The molecule has 28 heavy (non-hydrogen) atoms. The van der Waals surface area contributed by atoms with Crippen molar-refractivity contribution < 1.29 is 19.1 Å². The number of fused-ring (bicyclic) bond motifs is 1. The van der Waals surface area contributed by atoms with E-state index in [0.717, 1.165) is 25.7 Å². The minimum atomic E-state index is -0.237. The molecule has 4 heteroatoms. The van der Waals surface area contributed by atoms with Crippen LogP contribution in [0.1, 0.15) is 86.5 Å². The van der Waals surface area contributed by atoms with Gasteiger partial charge in [-0.05, 0) is 69.8 Å². The molecule has 158 valence electrons. The predicted molar refractivity (Wildman–Crippen MR) is 112 cm³/mol. The molecule has 0 aliphatic heterocycles. The lowest BCUT2D eigenvalue weighted by Gasteiger charge is -2.56. The van der Waals surface area contributed by atoms with Gasteiger partial charge in [0.1, 0.15) is 6.61 Å². The standard InChI is InChI=1S/C24H38O4/c1-17(12-15-27-19(3)25)8-10-21-18(2)9-11-22-23(5,16-28-20(4)26)13-7-14-24(21,22)6/h12,22H,7-11,13-16H2,1-6H3. The van der Waals surface area contributed by atoms with Gasteiger partial charge in [0.15, 0.2) is 0 Å². The molecule has 0 radical (unpaired) electrons.